The number of amidine groups is 1. The van der Waals surface area contributed by atoms with E-state index in [0.29, 0.717) is 36.7 Å². The third kappa shape index (κ3) is 6.87. The van der Waals surface area contributed by atoms with Gasteiger partial charge in [-0.2, -0.15) is 0 Å². The maximum absolute atomic E-state index is 12.9. The van der Waals surface area contributed by atoms with Gasteiger partial charge in [-0.3, -0.25) is 9.83 Å². The Bertz CT molecular complexity index is 1200. The van der Waals surface area contributed by atoms with Crippen molar-refractivity contribution in [3.63, 3.8) is 0 Å². The van der Waals surface area contributed by atoms with E-state index in [0.717, 1.165) is 11.1 Å². The lowest BCUT2D eigenvalue weighted by atomic mass is 10.0. The summed E-state index contributed by atoms with van der Waals surface area (Å²) in [5.41, 5.74) is 8.41. The van der Waals surface area contributed by atoms with Crippen molar-refractivity contribution in [2.45, 2.75) is 24.7 Å². The zero-order valence-electron chi connectivity index (χ0n) is 20.7. The molecule has 4 rings (SSSR count). The summed E-state index contributed by atoms with van der Waals surface area (Å²) in [5, 5.41) is 9.09. The smallest absolute Gasteiger partial charge is 0.407 e. The minimum absolute atomic E-state index is 0.165. The van der Waals surface area contributed by atoms with Crippen molar-refractivity contribution in [3.8, 4) is 5.75 Å². The van der Waals surface area contributed by atoms with Crippen LogP contribution >= 0.6 is 0 Å². The van der Waals surface area contributed by atoms with E-state index in [9.17, 15) is 9.59 Å². The zero-order chi connectivity index (χ0) is 26.9. The van der Waals surface area contributed by atoms with Gasteiger partial charge in [0, 0.05) is 18.7 Å². The summed E-state index contributed by atoms with van der Waals surface area (Å²) < 4.78 is 11.5. The molecule has 5 N–H and O–H groups in total. The maximum Gasteiger partial charge on any atom is 0.407 e. The van der Waals surface area contributed by atoms with Crippen LogP contribution in [0.1, 0.15) is 29.2 Å². The average Bonchev–Trinajstić information content (AvgIpc) is 3.42. The monoisotopic (exact) mass is 518 g/mol. The van der Waals surface area contributed by atoms with Gasteiger partial charge in [0.2, 0.25) is 6.10 Å². The lowest BCUT2D eigenvalue weighted by molar-refractivity contribution is -0.163. The molecule has 0 radical (unpaired) electrons. The van der Waals surface area contributed by atoms with Gasteiger partial charge in [0.1, 0.15) is 18.2 Å². The summed E-state index contributed by atoms with van der Waals surface area (Å²) >= 11 is 0. The van der Waals surface area contributed by atoms with Gasteiger partial charge in [0.15, 0.2) is 6.10 Å². The van der Waals surface area contributed by atoms with Gasteiger partial charge in [-0.25, -0.2) is 15.5 Å². The highest BCUT2D eigenvalue weighted by atomic mass is 16.7. The van der Waals surface area contributed by atoms with Crippen LogP contribution in [0.2, 0.25) is 0 Å². The van der Waals surface area contributed by atoms with Gasteiger partial charge in [-0.05, 0) is 41.8 Å². The third-order valence-corrected chi connectivity index (χ3v) is 6.17. The number of carbonyl (C=O) groups excluding carboxylic acids is 1. The van der Waals surface area contributed by atoms with Crippen LogP contribution in [0.3, 0.4) is 0 Å². The molecule has 1 aliphatic rings. The predicted octanol–water partition coefficient (Wildman–Crippen LogP) is 3.11. The van der Waals surface area contributed by atoms with Crippen molar-refractivity contribution in [2.75, 3.05) is 19.7 Å². The van der Waals surface area contributed by atoms with E-state index >= 15 is 0 Å². The average molecular weight is 519 g/mol. The number of likely N-dealkylation sites (tertiary alicyclic amines) is 1. The van der Waals surface area contributed by atoms with Crippen molar-refractivity contribution in [1.29, 1.82) is 0 Å². The first kappa shape index (κ1) is 26.6. The standard InChI is InChI=1S/C28H30N4O6/c29-26(31-22-15-16-32(17-22)28(34)35)21-11-13-23(14-12-21)36-18-24(38-30)27(33)37-25(19-7-3-1-4-8-19)20-9-5-2-6-10-20/h1-14,22,24-25H,15-18,30H2,(H2,29,31)(H,34,35)/t22-,24+/m1/s1. The van der Waals surface area contributed by atoms with Gasteiger partial charge < -0.3 is 25.2 Å². The molecule has 0 aromatic heterocycles. The van der Waals surface area contributed by atoms with Crippen molar-refractivity contribution >= 4 is 17.9 Å². The normalized spacial score (nSPS) is 16.3. The molecule has 1 fully saturated rings. The molecule has 0 bridgehead atoms. The number of aliphatic imine (C=N–C) groups is 1. The van der Waals surface area contributed by atoms with Crippen LogP contribution in [0.5, 0.6) is 5.75 Å². The highest BCUT2D eigenvalue weighted by Crippen LogP contribution is 2.26. The molecule has 1 heterocycles. The van der Waals surface area contributed by atoms with Crippen LogP contribution in [0.25, 0.3) is 0 Å². The molecule has 0 saturated carbocycles. The Morgan fingerprint density at radius 1 is 0.974 bits per heavy atom. The minimum atomic E-state index is -1.16. The van der Waals surface area contributed by atoms with E-state index < -0.39 is 24.3 Å². The van der Waals surface area contributed by atoms with Crippen molar-refractivity contribution in [3.05, 3.63) is 102 Å². The highest BCUT2D eigenvalue weighted by Gasteiger charge is 2.27. The molecule has 198 valence electrons. The molecular weight excluding hydrogens is 488 g/mol. The summed E-state index contributed by atoms with van der Waals surface area (Å²) in [6.45, 7) is 0.596. The zero-order valence-corrected chi connectivity index (χ0v) is 20.7. The fourth-order valence-corrected chi connectivity index (χ4v) is 4.13. The molecule has 3 aromatic carbocycles. The molecule has 1 aliphatic heterocycles. The van der Waals surface area contributed by atoms with Gasteiger partial charge in [-0.1, -0.05) is 60.7 Å². The predicted molar refractivity (Wildman–Crippen MR) is 141 cm³/mol. The molecule has 10 heteroatoms. The number of benzene rings is 3. The molecule has 10 nitrogen and oxygen atoms in total. The van der Waals surface area contributed by atoms with Gasteiger partial charge in [-0.15, -0.1) is 0 Å². The molecule has 3 aromatic rings. The summed E-state index contributed by atoms with van der Waals surface area (Å²) in [5.74, 6) is 5.53. The summed E-state index contributed by atoms with van der Waals surface area (Å²) in [6, 6.07) is 25.5. The Balaban J connectivity index is 1.36. The SMILES string of the molecule is NO[C@@H](COc1ccc(C(N)=N[C@@H]2CCN(C(=O)O)C2)cc1)C(=O)OC(c1ccccc1)c1ccccc1. The summed E-state index contributed by atoms with van der Waals surface area (Å²) in [6.07, 6.45) is -2.12. The number of carboxylic acid groups (broad SMARTS) is 1. The second-order valence-electron chi connectivity index (χ2n) is 8.78. The first-order valence-corrected chi connectivity index (χ1v) is 12.1. The van der Waals surface area contributed by atoms with Crippen molar-refractivity contribution in [2.24, 2.45) is 16.6 Å². The van der Waals surface area contributed by atoms with Crippen LogP contribution in [0.15, 0.2) is 89.9 Å². The number of hydrogen-bond donors (Lipinski definition) is 3. The molecular formula is C28H30N4O6. The first-order chi connectivity index (χ1) is 18.4. The first-order valence-electron chi connectivity index (χ1n) is 12.1. The number of nitrogens with zero attached hydrogens (tertiary/aromatic N) is 2. The molecule has 0 unspecified atom stereocenters. The second-order valence-corrected chi connectivity index (χ2v) is 8.78. The Morgan fingerprint density at radius 3 is 2.11 bits per heavy atom. The van der Waals surface area contributed by atoms with E-state index in [1.54, 1.807) is 24.3 Å². The summed E-state index contributed by atoms with van der Waals surface area (Å²) in [7, 11) is 0. The fourth-order valence-electron chi connectivity index (χ4n) is 4.13. The Labute approximate surface area is 220 Å². The topological polar surface area (TPSA) is 150 Å². The van der Waals surface area contributed by atoms with Crippen LogP contribution < -0.4 is 16.4 Å². The highest BCUT2D eigenvalue weighted by molar-refractivity contribution is 5.97. The minimum Gasteiger partial charge on any atom is -0.490 e. The number of hydrogen-bond acceptors (Lipinski definition) is 7. The van der Waals surface area contributed by atoms with E-state index in [-0.39, 0.29) is 12.6 Å². The number of carbonyl (C=O) groups is 2. The Morgan fingerprint density at radius 2 is 1.58 bits per heavy atom. The lowest BCUT2D eigenvalue weighted by Crippen LogP contribution is -2.35. The summed E-state index contributed by atoms with van der Waals surface area (Å²) in [4.78, 5) is 34.7. The van der Waals surface area contributed by atoms with E-state index in [1.165, 1.54) is 4.90 Å². The van der Waals surface area contributed by atoms with Gasteiger partial charge in [0.05, 0.1) is 6.04 Å². The van der Waals surface area contributed by atoms with Gasteiger partial charge in [0.25, 0.3) is 0 Å². The lowest BCUT2D eigenvalue weighted by Gasteiger charge is -2.22. The number of esters is 1. The molecule has 0 aliphatic carbocycles. The third-order valence-electron chi connectivity index (χ3n) is 6.17. The Hall–Kier alpha value is -4.41. The van der Waals surface area contributed by atoms with Crippen molar-refractivity contribution in [1.82, 2.24) is 4.90 Å². The number of ether oxygens (including phenoxy) is 2. The van der Waals surface area contributed by atoms with Crippen molar-refractivity contribution < 1.29 is 29.0 Å². The number of rotatable bonds is 10. The van der Waals surface area contributed by atoms with Crippen LogP contribution in [0, 0.1) is 0 Å². The Kier molecular flexibility index (Phi) is 8.91. The molecule has 2 atom stereocenters. The number of amides is 1. The van der Waals surface area contributed by atoms with Crippen LogP contribution in [-0.2, 0) is 14.4 Å². The molecule has 38 heavy (non-hydrogen) atoms. The van der Waals surface area contributed by atoms with Crippen LogP contribution in [0.4, 0.5) is 4.79 Å². The second kappa shape index (κ2) is 12.7. The fraction of sp³-hybridized carbons (Fsp3) is 0.250. The molecule has 0 spiro atoms. The van der Waals surface area contributed by atoms with Gasteiger partial charge >= 0.3 is 12.1 Å². The maximum atomic E-state index is 12.9. The quantitative estimate of drug-likeness (QED) is 0.160. The molecule has 1 saturated heterocycles. The largest absolute Gasteiger partial charge is 0.490 e. The number of nitrogens with two attached hydrogens (primary N) is 2. The van der Waals surface area contributed by atoms with E-state index in [1.807, 2.05) is 60.7 Å². The molecule has 1 amide bonds. The van der Waals surface area contributed by atoms with Crippen LogP contribution in [-0.4, -0.2) is 59.7 Å². The van der Waals surface area contributed by atoms with E-state index in [2.05, 4.69) is 4.99 Å². The van der Waals surface area contributed by atoms with E-state index in [4.69, 9.17) is 31.0 Å².